The molecule has 0 aromatic heterocycles. The topological polar surface area (TPSA) is 75.3 Å². The first kappa shape index (κ1) is 22.5. The Morgan fingerprint density at radius 2 is 1.77 bits per heavy atom. The van der Waals surface area contributed by atoms with Crippen molar-refractivity contribution in [3.8, 4) is 0 Å². The molecule has 1 aliphatic carbocycles. The third-order valence-corrected chi connectivity index (χ3v) is 6.58. The normalized spacial score (nSPS) is 15.2. The van der Waals surface area contributed by atoms with E-state index in [4.69, 9.17) is 0 Å². The van der Waals surface area contributed by atoms with Gasteiger partial charge in [0, 0.05) is 18.0 Å². The number of nitrogens with one attached hydrogen (secondary N) is 2. The highest BCUT2D eigenvalue weighted by atomic mass is 32.2. The van der Waals surface area contributed by atoms with Crippen LogP contribution in [0.3, 0.4) is 0 Å². The molecule has 0 aliphatic heterocycles. The summed E-state index contributed by atoms with van der Waals surface area (Å²) in [5, 5.41) is 6.27. The molecule has 30 heavy (non-hydrogen) atoms. The molecule has 0 radical (unpaired) electrons. The van der Waals surface area contributed by atoms with E-state index in [1.807, 2.05) is 6.92 Å². The lowest BCUT2D eigenvalue weighted by Crippen LogP contribution is -2.32. The lowest BCUT2D eigenvalue weighted by atomic mass is 9.97. The van der Waals surface area contributed by atoms with Gasteiger partial charge >= 0.3 is 0 Å². The van der Waals surface area contributed by atoms with Gasteiger partial charge in [0.05, 0.1) is 11.4 Å². The molecule has 1 atom stereocenters. The second-order valence-electron chi connectivity index (χ2n) is 8.83. The van der Waals surface area contributed by atoms with Crippen LogP contribution in [0.15, 0.2) is 47.4 Å². The van der Waals surface area contributed by atoms with Crippen molar-refractivity contribution in [2.75, 3.05) is 18.1 Å². The van der Waals surface area contributed by atoms with Crippen molar-refractivity contribution >= 4 is 21.4 Å². The van der Waals surface area contributed by atoms with Crippen LogP contribution in [0.4, 0.5) is 5.69 Å². The molecule has 1 saturated carbocycles. The summed E-state index contributed by atoms with van der Waals surface area (Å²) in [5.41, 5.74) is 3.91. The molecule has 162 valence electrons. The smallest absolute Gasteiger partial charge is 0.238 e. The summed E-state index contributed by atoms with van der Waals surface area (Å²) in [5.74, 6) is 1.01. The van der Waals surface area contributed by atoms with Crippen LogP contribution in [-0.4, -0.2) is 27.1 Å². The quantitative estimate of drug-likeness (QED) is 0.625. The van der Waals surface area contributed by atoms with Crippen molar-refractivity contribution < 1.29 is 13.2 Å². The number of hydrogen-bond donors (Lipinski definition) is 2. The molecule has 0 saturated heterocycles. The van der Waals surface area contributed by atoms with E-state index < -0.39 is 9.84 Å². The molecule has 1 unspecified atom stereocenters. The van der Waals surface area contributed by atoms with Gasteiger partial charge in [-0.2, -0.15) is 0 Å². The summed E-state index contributed by atoms with van der Waals surface area (Å²) in [6.45, 7) is 6.46. The lowest BCUT2D eigenvalue weighted by Gasteiger charge is -2.19. The number of rotatable bonds is 9. The average Bonchev–Trinajstić information content (AvgIpc) is 3.49. The zero-order valence-corrected chi connectivity index (χ0v) is 19.1. The van der Waals surface area contributed by atoms with Crippen LogP contribution >= 0.6 is 0 Å². The monoisotopic (exact) mass is 428 g/mol. The Hall–Kier alpha value is -2.18. The van der Waals surface area contributed by atoms with Gasteiger partial charge in [-0.1, -0.05) is 44.2 Å². The van der Waals surface area contributed by atoms with E-state index in [2.05, 4.69) is 48.7 Å². The maximum absolute atomic E-state index is 12.6. The Morgan fingerprint density at radius 1 is 1.10 bits per heavy atom. The largest absolute Gasteiger partial charge is 0.325 e. The molecule has 2 aromatic rings. The van der Waals surface area contributed by atoms with Crippen LogP contribution in [-0.2, 0) is 21.1 Å². The number of sulfone groups is 1. The molecule has 1 amide bonds. The summed E-state index contributed by atoms with van der Waals surface area (Å²) in [7, 11) is -3.32. The molecule has 2 N–H and O–H groups in total. The van der Waals surface area contributed by atoms with Gasteiger partial charge in [-0.25, -0.2) is 8.42 Å². The standard InChI is InChI=1S/C24H32N2O3S/c1-16(2)13-18-6-8-19(9-7-18)24(20-10-11-20)25-15-23(27)26-22-14-21(30(4,28)29)12-5-17(22)3/h5-9,12,14,16,20,24-25H,10-11,13,15H2,1-4H3,(H,26,27). The highest BCUT2D eigenvalue weighted by Gasteiger charge is 2.32. The fourth-order valence-electron chi connectivity index (χ4n) is 3.68. The molecule has 0 heterocycles. The first-order valence-corrected chi connectivity index (χ1v) is 12.5. The fraction of sp³-hybridized carbons (Fsp3) is 0.458. The van der Waals surface area contributed by atoms with Crippen LogP contribution < -0.4 is 10.6 Å². The maximum atomic E-state index is 12.6. The molecule has 2 aromatic carbocycles. The van der Waals surface area contributed by atoms with E-state index in [-0.39, 0.29) is 23.4 Å². The number of anilines is 1. The van der Waals surface area contributed by atoms with Gasteiger partial charge in [0.1, 0.15) is 0 Å². The molecule has 6 heteroatoms. The third-order valence-electron chi connectivity index (χ3n) is 5.47. The summed E-state index contributed by atoms with van der Waals surface area (Å²) in [6.07, 6.45) is 4.57. The predicted octanol–water partition coefficient (Wildman–Crippen LogP) is 4.28. The Morgan fingerprint density at radius 3 is 2.33 bits per heavy atom. The van der Waals surface area contributed by atoms with Gasteiger partial charge in [-0.3, -0.25) is 4.79 Å². The van der Waals surface area contributed by atoms with E-state index in [0.29, 0.717) is 17.5 Å². The molecule has 0 bridgehead atoms. The van der Waals surface area contributed by atoms with Gasteiger partial charge in [-0.05, 0) is 66.8 Å². The van der Waals surface area contributed by atoms with Crippen LogP contribution in [0.5, 0.6) is 0 Å². The van der Waals surface area contributed by atoms with Crippen LogP contribution in [0.25, 0.3) is 0 Å². The number of carbonyl (C=O) groups excluding carboxylic acids is 1. The van der Waals surface area contributed by atoms with Crippen molar-refractivity contribution in [3.05, 3.63) is 59.2 Å². The summed E-state index contributed by atoms with van der Waals surface area (Å²) in [4.78, 5) is 12.8. The third kappa shape index (κ3) is 6.16. The highest BCUT2D eigenvalue weighted by molar-refractivity contribution is 7.90. The summed E-state index contributed by atoms with van der Waals surface area (Å²) >= 11 is 0. The zero-order valence-electron chi connectivity index (χ0n) is 18.2. The van der Waals surface area contributed by atoms with Gasteiger partial charge in [0.2, 0.25) is 5.91 Å². The van der Waals surface area contributed by atoms with Crippen molar-refractivity contribution in [1.82, 2.24) is 5.32 Å². The van der Waals surface area contributed by atoms with E-state index in [0.717, 1.165) is 18.2 Å². The minimum atomic E-state index is -3.32. The number of amides is 1. The molecule has 1 fully saturated rings. The zero-order chi connectivity index (χ0) is 21.9. The number of hydrogen-bond acceptors (Lipinski definition) is 4. The molecule has 5 nitrogen and oxygen atoms in total. The van der Waals surface area contributed by atoms with Crippen LogP contribution in [0.1, 0.15) is 49.4 Å². The van der Waals surface area contributed by atoms with Gasteiger partial charge in [0.25, 0.3) is 0 Å². The van der Waals surface area contributed by atoms with Crippen molar-refractivity contribution in [1.29, 1.82) is 0 Å². The van der Waals surface area contributed by atoms with Crippen molar-refractivity contribution in [2.24, 2.45) is 11.8 Å². The minimum absolute atomic E-state index is 0.160. The average molecular weight is 429 g/mol. The number of aryl methyl sites for hydroxylation is 1. The predicted molar refractivity (Wildman–Crippen MR) is 121 cm³/mol. The molecule has 3 rings (SSSR count). The Labute approximate surface area is 180 Å². The van der Waals surface area contributed by atoms with Gasteiger partial charge in [-0.15, -0.1) is 0 Å². The van der Waals surface area contributed by atoms with Crippen molar-refractivity contribution in [2.45, 2.75) is 51.0 Å². The number of carbonyl (C=O) groups is 1. The summed E-state index contributed by atoms with van der Waals surface area (Å²) < 4.78 is 23.6. The Balaban J connectivity index is 1.64. The Kier molecular flexibility index (Phi) is 6.98. The first-order valence-electron chi connectivity index (χ1n) is 10.6. The fourth-order valence-corrected chi connectivity index (χ4v) is 4.33. The number of benzene rings is 2. The highest BCUT2D eigenvalue weighted by Crippen LogP contribution is 2.41. The van der Waals surface area contributed by atoms with Gasteiger partial charge < -0.3 is 10.6 Å². The maximum Gasteiger partial charge on any atom is 0.238 e. The molecule has 0 spiro atoms. The minimum Gasteiger partial charge on any atom is -0.325 e. The summed E-state index contributed by atoms with van der Waals surface area (Å²) in [6, 6.07) is 13.7. The SMILES string of the molecule is Cc1ccc(S(C)(=O)=O)cc1NC(=O)CNC(c1ccc(CC(C)C)cc1)C1CC1. The van der Waals surface area contributed by atoms with Crippen LogP contribution in [0.2, 0.25) is 0 Å². The van der Waals surface area contributed by atoms with E-state index in [1.54, 1.807) is 12.1 Å². The van der Waals surface area contributed by atoms with E-state index >= 15 is 0 Å². The lowest BCUT2D eigenvalue weighted by molar-refractivity contribution is -0.115. The second-order valence-corrected chi connectivity index (χ2v) is 10.8. The van der Waals surface area contributed by atoms with Gasteiger partial charge in [0.15, 0.2) is 9.84 Å². The molecule has 1 aliphatic rings. The first-order chi connectivity index (χ1) is 14.1. The van der Waals surface area contributed by atoms with E-state index in [9.17, 15) is 13.2 Å². The van der Waals surface area contributed by atoms with Crippen LogP contribution in [0, 0.1) is 18.8 Å². The van der Waals surface area contributed by atoms with E-state index in [1.165, 1.54) is 30.0 Å². The Bertz CT molecular complexity index is 994. The second kappa shape index (κ2) is 9.31. The van der Waals surface area contributed by atoms with Crippen molar-refractivity contribution in [3.63, 3.8) is 0 Å². The molecular weight excluding hydrogens is 396 g/mol. The molecular formula is C24H32N2O3S.